The van der Waals surface area contributed by atoms with Crippen LogP contribution in [-0.4, -0.2) is 37.2 Å². The predicted octanol–water partition coefficient (Wildman–Crippen LogP) is 1.37. The molecule has 2 heteroatoms. The molecule has 0 aromatic heterocycles. The first-order chi connectivity index (χ1) is 6.24. The number of rotatable bonds is 2. The second-order valence-corrected chi connectivity index (χ2v) is 3.95. The minimum atomic E-state index is 0.357. The van der Waals surface area contributed by atoms with Gasteiger partial charge >= 0.3 is 0 Å². The molecule has 0 amide bonds. The quantitative estimate of drug-likeness (QED) is 0.597. The summed E-state index contributed by atoms with van der Waals surface area (Å²) in [5.41, 5.74) is 0. The maximum Gasteiger partial charge on any atom is 0.0725 e. The van der Waals surface area contributed by atoms with Gasteiger partial charge in [0, 0.05) is 19.7 Å². The van der Waals surface area contributed by atoms with Crippen LogP contribution >= 0.6 is 0 Å². The van der Waals surface area contributed by atoms with Crippen molar-refractivity contribution in [3.8, 4) is 12.3 Å². The maximum absolute atomic E-state index is 5.73. The average molecular weight is 181 g/mol. The van der Waals surface area contributed by atoms with Crippen LogP contribution in [0.4, 0.5) is 0 Å². The summed E-state index contributed by atoms with van der Waals surface area (Å²) >= 11 is 0. The van der Waals surface area contributed by atoms with Crippen molar-refractivity contribution in [2.24, 2.45) is 5.92 Å². The highest BCUT2D eigenvalue weighted by molar-refractivity contribution is 4.89. The Labute approximate surface area is 81.3 Å². The Bertz CT molecular complexity index is 183. The standard InChI is InChI=1S/C11H19NO/c1-4-6-12-7-5-8-13-11(9-12)10(2)3/h1,10-11H,5-9H2,2-3H3. The van der Waals surface area contributed by atoms with E-state index >= 15 is 0 Å². The first-order valence-electron chi connectivity index (χ1n) is 5.01. The molecule has 1 fully saturated rings. The Morgan fingerprint density at radius 3 is 3.00 bits per heavy atom. The van der Waals surface area contributed by atoms with Crippen LogP contribution in [-0.2, 0) is 4.74 Å². The third kappa shape index (κ3) is 3.38. The maximum atomic E-state index is 5.73. The minimum Gasteiger partial charge on any atom is -0.377 e. The number of nitrogens with zero attached hydrogens (tertiary/aromatic N) is 1. The molecule has 74 valence electrons. The van der Waals surface area contributed by atoms with Crippen molar-refractivity contribution in [3.63, 3.8) is 0 Å². The van der Waals surface area contributed by atoms with Crippen LogP contribution in [0.25, 0.3) is 0 Å². The fourth-order valence-corrected chi connectivity index (χ4v) is 1.60. The highest BCUT2D eigenvalue weighted by atomic mass is 16.5. The molecule has 0 aromatic carbocycles. The SMILES string of the molecule is C#CCN1CCCOC(C(C)C)C1. The lowest BCUT2D eigenvalue weighted by molar-refractivity contribution is 0.0245. The van der Waals surface area contributed by atoms with Gasteiger partial charge in [0.05, 0.1) is 12.6 Å². The molecule has 0 saturated carbocycles. The second kappa shape index (κ2) is 5.26. The molecule has 0 radical (unpaired) electrons. The second-order valence-electron chi connectivity index (χ2n) is 3.95. The Morgan fingerprint density at radius 1 is 1.62 bits per heavy atom. The monoisotopic (exact) mass is 181 g/mol. The lowest BCUT2D eigenvalue weighted by Gasteiger charge is -2.24. The topological polar surface area (TPSA) is 12.5 Å². The largest absolute Gasteiger partial charge is 0.377 e. The molecule has 1 rings (SSSR count). The third-order valence-corrected chi connectivity index (χ3v) is 2.45. The van der Waals surface area contributed by atoms with E-state index in [1.807, 2.05) is 0 Å². The van der Waals surface area contributed by atoms with Gasteiger partial charge in [-0.25, -0.2) is 0 Å². The van der Waals surface area contributed by atoms with E-state index in [2.05, 4.69) is 24.7 Å². The van der Waals surface area contributed by atoms with Gasteiger partial charge in [0.25, 0.3) is 0 Å². The van der Waals surface area contributed by atoms with Gasteiger partial charge in [-0.15, -0.1) is 6.42 Å². The molecule has 1 heterocycles. The van der Waals surface area contributed by atoms with Gasteiger partial charge in [-0.05, 0) is 12.3 Å². The molecule has 0 bridgehead atoms. The smallest absolute Gasteiger partial charge is 0.0725 e. The van der Waals surface area contributed by atoms with E-state index in [9.17, 15) is 0 Å². The van der Waals surface area contributed by atoms with Crippen molar-refractivity contribution >= 4 is 0 Å². The number of ether oxygens (including phenoxy) is 1. The molecule has 0 N–H and O–H groups in total. The molecule has 1 aliphatic heterocycles. The molecule has 1 aliphatic rings. The van der Waals surface area contributed by atoms with Crippen LogP contribution in [0, 0.1) is 18.3 Å². The Hall–Kier alpha value is -0.520. The summed E-state index contributed by atoms with van der Waals surface area (Å²) in [5, 5.41) is 0. The molecular formula is C11H19NO. The summed E-state index contributed by atoms with van der Waals surface area (Å²) in [7, 11) is 0. The van der Waals surface area contributed by atoms with E-state index in [0.29, 0.717) is 12.0 Å². The molecule has 1 unspecified atom stereocenters. The minimum absolute atomic E-state index is 0.357. The summed E-state index contributed by atoms with van der Waals surface area (Å²) in [5.74, 6) is 3.28. The van der Waals surface area contributed by atoms with Crippen LogP contribution in [0.1, 0.15) is 20.3 Å². The van der Waals surface area contributed by atoms with Crippen molar-refractivity contribution < 1.29 is 4.74 Å². The molecule has 1 saturated heterocycles. The van der Waals surface area contributed by atoms with Gasteiger partial charge in [-0.3, -0.25) is 4.90 Å². The van der Waals surface area contributed by atoms with Crippen LogP contribution in [0.3, 0.4) is 0 Å². The highest BCUT2D eigenvalue weighted by Gasteiger charge is 2.20. The van der Waals surface area contributed by atoms with Crippen LogP contribution in [0.5, 0.6) is 0 Å². The van der Waals surface area contributed by atoms with Crippen molar-refractivity contribution in [3.05, 3.63) is 0 Å². The van der Waals surface area contributed by atoms with E-state index in [-0.39, 0.29) is 0 Å². The number of terminal acetylenes is 1. The molecule has 1 atom stereocenters. The van der Waals surface area contributed by atoms with E-state index in [4.69, 9.17) is 11.2 Å². The van der Waals surface area contributed by atoms with Crippen molar-refractivity contribution in [2.75, 3.05) is 26.2 Å². The Morgan fingerprint density at radius 2 is 2.38 bits per heavy atom. The third-order valence-electron chi connectivity index (χ3n) is 2.45. The van der Waals surface area contributed by atoms with Crippen LogP contribution < -0.4 is 0 Å². The van der Waals surface area contributed by atoms with E-state index < -0.39 is 0 Å². The fourth-order valence-electron chi connectivity index (χ4n) is 1.60. The Kier molecular flexibility index (Phi) is 4.27. The average Bonchev–Trinajstić information content (AvgIpc) is 2.30. The van der Waals surface area contributed by atoms with Gasteiger partial charge in [-0.1, -0.05) is 19.8 Å². The zero-order valence-corrected chi connectivity index (χ0v) is 8.62. The van der Waals surface area contributed by atoms with Gasteiger partial charge in [0.15, 0.2) is 0 Å². The summed E-state index contributed by atoms with van der Waals surface area (Å²) in [6, 6.07) is 0. The van der Waals surface area contributed by atoms with Gasteiger partial charge in [0.1, 0.15) is 0 Å². The van der Waals surface area contributed by atoms with Crippen LogP contribution in [0.15, 0.2) is 0 Å². The van der Waals surface area contributed by atoms with Crippen molar-refractivity contribution in [1.29, 1.82) is 0 Å². The predicted molar refractivity (Wildman–Crippen MR) is 54.5 cm³/mol. The molecule has 0 aliphatic carbocycles. The first kappa shape index (κ1) is 10.6. The van der Waals surface area contributed by atoms with Gasteiger partial charge < -0.3 is 4.74 Å². The summed E-state index contributed by atoms with van der Waals surface area (Å²) in [6.07, 6.45) is 6.76. The molecular weight excluding hydrogens is 162 g/mol. The van der Waals surface area contributed by atoms with Gasteiger partial charge in [0.2, 0.25) is 0 Å². The number of hydrogen-bond acceptors (Lipinski definition) is 2. The molecule has 0 aromatic rings. The Balaban J connectivity index is 2.45. The fraction of sp³-hybridized carbons (Fsp3) is 0.818. The number of hydrogen-bond donors (Lipinski definition) is 0. The van der Waals surface area contributed by atoms with Gasteiger partial charge in [-0.2, -0.15) is 0 Å². The van der Waals surface area contributed by atoms with E-state index in [1.165, 1.54) is 0 Å². The lowest BCUT2D eigenvalue weighted by atomic mass is 10.1. The molecule has 13 heavy (non-hydrogen) atoms. The van der Waals surface area contributed by atoms with Crippen molar-refractivity contribution in [1.82, 2.24) is 4.90 Å². The van der Waals surface area contributed by atoms with E-state index in [1.54, 1.807) is 0 Å². The zero-order valence-electron chi connectivity index (χ0n) is 8.62. The highest BCUT2D eigenvalue weighted by Crippen LogP contribution is 2.12. The molecule has 2 nitrogen and oxygen atoms in total. The summed E-state index contributed by atoms with van der Waals surface area (Å²) < 4.78 is 5.73. The van der Waals surface area contributed by atoms with Crippen LogP contribution in [0.2, 0.25) is 0 Å². The van der Waals surface area contributed by atoms with Crippen molar-refractivity contribution in [2.45, 2.75) is 26.4 Å². The first-order valence-corrected chi connectivity index (χ1v) is 5.01. The summed E-state index contributed by atoms with van der Waals surface area (Å²) in [4.78, 5) is 2.30. The normalized spacial score (nSPS) is 25.5. The lowest BCUT2D eigenvalue weighted by Crippen LogP contribution is -2.34. The molecule has 0 spiro atoms. The summed E-state index contributed by atoms with van der Waals surface area (Å²) in [6.45, 7) is 8.10. The van der Waals surface area contributed by atoms with E-state index in [0.717, 1.165) is 32.7 Å². The zero-order chi connectivity index (χ0) is 9.68.